The van der Waals surface area contributed by atoms with Crippen molar-refractivity contribution in [3.05, 3.63) is 28.6 Å². The molecule has 1 saturated heterocycles. The van der Waals surface area contributed by atoms with Crippen molar-refractivity contribution in [1.82, 2.24) is 9.88 Å². The van der Waals surface area contributed by atoms with Crippen molar-refractivity contribution >= 4 is 17.5 Å². The quantitative estimate of drug-likeness (QED) is 0.627. The van der Waals surface area contributed by atoms with E-state index in [0.717, 1.165) is 6.42 Å². The molecule has 2 heterocycles. The molecular formula is C15H22N4O4. The molecule has 0 unspecified atom stereocenters. The van der Waals surface area contributed by atoms with Crippen LogP contribution in [0.5, 0.6) is 0 Å². The number of aromatic nitrogens is 1. The maximum atomic E-state index is 12.1. The summed E-state index contributed by atoms with van der Waals surface area (Å²) in [7, 11) is 1.70. The molecular weight excluding hydrogens is 300 g/mol. The largest absolute Gasteiger partial charge is 0.444 e. The number of nitro groups is 1. The van der Waals surface area contributed by atoms with Crippen LogP contribution in [-0.2, 0) is 4.74 Å². The van der Waals surface area contributed by atoms with E-state index in [1.54, 1.807) is 18.0 Å². The molecule has 1 atom stereocenters. The lowest BCUT2D eigenvalue weighted by Gasteiger charge is -2.28. The number of rotatable bonds is 3. The summed E-state index contributed by atoms with van der Waals surface area (Å²) in [5.74, 6) is 0. The van der Waals surface area contributed by atoms with E-state index in [9.17, 15) is 14.9 Å². The Hall–Kier alpha value is -2.38. The Morgan fingerprint density at radius 3 is 2.83 bits per heavy atom. The number of likely N-dealkylation sites (N-methyl/N-ethyl adjacent to an activating group) is 1. The second-order valence-corrected chi connectivity index (χ2v) is 6.60. The number of carbonyl (C=O) groups is 1. The van der Waals surface area contributed by atoms with Crippen LogP contribution in [0.1, 0.15) is 27.2 Å². The van der Waals surface area contributed by atoms with Crippen LogP contribution in [-0.4, -0.2) is 52.7 Å². The lowest BCUT2D eigenvalue weighted by atomic mass is 10.2. The molecule has 0 saturated carbocycles. The second kappa shape index (κ2) is 6.39. The topological polar surface area (TPSA) is 88.8 Å². The molecule has 1 aliphatic rings. The van der Waals surface area contributed by atoms with Gasteiger partial charge < -0.3 is 14.5 Å². The number of pyridine rings is 1. The van der Waals surface area contributed by atoms with Crippen LogP contribution in [0.25, 0.3) is 0 Å². The fourth-order valence-corrected chi connectivity index (χ4v) is 2.55. The van der Waals surface area contributed by atoms with E-state index >= 15 is 0 Å². The molecule has 0 aromatic carbocycles. The van der Waals surface area contributed by atoms with Crippen LogP contribution in [0.4, 0.5) is 16.2 Å². The molecule has 8 heteroatoms. The highest BCUT2D eigenvalue weighted by atomic mass is 16.6. The SMILES string of the molecule is CN(C(=O)OC(C)(C)C)[C@@H]1CCN(c2ccncc2[N+](=O)[O-])C1. The third-order valence-corrected chi connectivity index (χ3v) is 3.71. The van der Waals surface area contributed by atoms with Crippen molar-refractivity contribution in [2.45, 2.75) is 38.8 Å². The molecule has 1 amide bonds. The van der Waals surface area contributed by atoms with E-state index in [4.69, 9.17) is 4.74 Å². The number of hydrogen-bond acceptors (Lipinski definition) is 6. The van der Waals surface area contributed by atoms with Crippen LogP contribution in [0.3, 0.4) is 0 Å². The van der Waals surface area contributed by atoms with Crippen molar-refractivity contribution in [1.29, 1.82) is 0 Å². The predicted octanol–water partition coefficient (Wildman–Crippen LogP) is 2.44. The molecule has 0 spiro atoms. The first-order valence-electron chi connectivity index (χ1n) is 7.48. The van der Waals surface area contributed by atoms with Gasteiger partial charge in [0.05, 0.1) is 11.0 Å². The summed E-state index contributed by atoms with van der Waals surface area (Å²) >= 11 is 0. The Morgan fingerprint density at radius 2 is 2.22 bits per heavy atom. The highest BCUT2D eigenvalue weighted by Gasteiger charge is 2.33. The molecule has 1 fully saturated rings. The van der Waals surface area contributed by atoms with Gasteiger partial charge in [-0.05, 0) is 33.3 Å². The summed E-state index contributed by atoms with van der Waals surface area (Å²) < 4.78 is 5.37. The molecule has 0 aliphatic carbocycles. The fraction of sp³-hybridized carbons (Fsp3) is 0.600. The zero-order valence-corrected chi connectivity index (χ0v) is 13.9. The molecule has 1 aliphatic heterocycles. The highest BCUT2D eigenvalue weighted by molar-refractivity contribution is 5.69. The number of carbonyl (C=O) groups excluding carboxylic acids is 1. The van der Waals surface area contributed by atoms with Crippen LogP contribution >= 0.6 is 0 Å². The van der Waals surface area contributed by atoms with Gasteiger partial charge in [0.2, 0.25) is 0 Å². The lowest BCUT2D eigenvalue weighted by Crippen LogP contribution is -2.42. The van der Waals surface area contributed by atoms with Crippen molar-refractivity contribution in [3.8, 4) is 0 Å². The van der Waals surface area contributed by atoms with Crippen molar-refractivity contribution in [2.24, 2.45) is 0 Å². The maximum Gasteiger partial charge on any atom is 0.410 e. The van der Waals surface area contributed by atoms with Gasteiger partial charge in [0, 0.05) is 26.3 Å². The third-order valence-electron chi connectivity index (χ3n) is 3.71. The Morgan fingerprint density at radius 1 is 1.52 bits per heavy atom. The van der Waals surface area contributed by atoms with E-state index in [1.807, 2.05) is 25.7 Å². The Labute approximate surface area is 135 Å². The standard InChI is InChI=1S/C15H22N4O4/c1-15(2,3)23-14(20)17(4)11-6-8-18(10-11)12-5-7-16-9-13(12)19(21)22/h5,7,9,11H,6,8,10H2,1-4H3/t11-/m1/s1. The Kier molecular flexibility index (Phi) is 4.72. The summed E-state index contributed by atoms with van der Waals surface area (Å²) in [5, 5.41) is 11.1. The average molecular weight is 322 g/mol. The first-order chi connectivity index (χ1) is 10.7. The molecule has 23 heavy (non-hydrogen) atoms. The normalized spacial score (nSPS) is 17.9. The van der Waals surface area contributed by atoms with Crippen molar-refractivity contribution in [2.75, 3.05) is 25.0 Å². The van der Waals surface area contributed by atoms with Gasteiger partial charge >= 0.3 is 11.8 Å². The van der Waals surface area contributed by atoms with Crippen molar-refractivity contribution < 1.29 is 14.5 Å². The average Bonchev–Trinajstić information content (AvgIpc) is 2.94. The molecule has 0 radical (unpaired) electrons. The van der Waals surface area contributed by atoms with Crippen LogP contribution in [0.2, 0.25) is 0 Å². The summed E-state index contributed by atoms with van der Waals surface area (Å²) in [6, 6.07) is 1.59. The van der Waals surface area contributed by atoms with Gasteiger partial charge in [-0.1, -0.05) is 0 Å². The van der Waals surface area contributed by atoms with Gasteiger partial charge in [-0.25, -0.2) is 4.79 Å². The van der Waals surface area contributed by atoms with E-state index < -0.39 is 10.5 Å². The minimum absolute atomic E-state index is 0.0203. The first-order valence-corrected chi connectivity index (χ1v) is 7.48. The predicted molar refractivity (Wildman–Crippen MR) is 85.5 cm³/mol. The van der Waals surface area contributed by atoms with Gasteiger partial charge in [-0.2, -0.15) is 0 Å². The number of hydrogen-bond donors (Lipinski definition) is 0. The van der Waals surface area contributed by atoms with Crippen LogP contribution in [0.15, 0.2) is 18.5 Å². The molecule has 8 nitrogen and oxygen atoms in total. The Bertz CT molecular complexity index is 599. The van der Waals surface area contributed by atoms with E-state index in [1.165, 1.54) is 12.4 Å². The van der Waals surface area contributed by atoms with E-state index in [0.29, 0.717) is 18.8 Å². The summed E-state index contributed by atoms with van der Waals surface area (Å²) in [5.41, 5.74) is -0.0359. The minimum atomic E-state index is -0.548. The van der Waals surface area contributed by atoms with Crippen LogP contribution in [0, 0.1) is 10.1 Å². The molecule has 1 aromatic rings. The van der Waals surface area contributed by atoms with Gasteiger partial charge in [0.1, 0.15) is 17.5 Å². The first kappa shape index (κ1) is 17.0. The lowest BCUT2D eigenvalue weighted by molar-refractivity contribution is -0.384. The third kappa shape index (κ3) is 4.08. The number of ether oxygens (including phenoxy) is 1. The maximum absolute atomic E-state index is 12.1. The highest BCUT2D eigenvalue weighted by Crippen LogP contribution is 2.30. The summed E-state index contributed by atoms with van der Waals surface area (Å²) in [4.78, 5) is 30.1. The number of anilines is 1. The monoisotopic (exact) mass is 322 g/mol. The molecule has 1 aromatic heterocycles. The number of amides is 1. The van der Waals surface area contributed by atoms with Crippen LogP contribution < -0.4 is 4.90 Å². The summed E-state index contributed by atoms with van der Waals surface area (Å²) in [6.45, 7) is 6.63. The zero-order chi connectivity index (χ0) is 17.2. The molecule has 0 bridgehead atoms. The second-order valence-electron chi connectivity index (χ2n) is 6.60. The van der Waals surface area contributed by atoms with Gasteiger partial charge in [-0.15, -0.1) is 0 Å². The molecule has 126 valence electrons. The fourth-order valence-electron chi connectivity index (χ4n) is 2.55. The molecule has 0 N–H and O–H groups in total. The zero-order valence-electron chi connectivity index (χ0n) is 13.9. The number of nitrogens with zero attached hydrogens (tertiary/aromatic N) is 4. The Balaban J connectivity index is 2.07. The minimum Gasteiger partial charge on any atom is -0.444 e. The van der Waals surface area contributed by atoms with Crippen molar-refractivity contribution in [3.63, 3.8) is 0 Å². The van der Waals surface area contributed by atoms with E-state index in [-0.39, 0.29) is 17.8 Å². The van der Waals surface area contributed by atoms with Gasteiger partial charge in [0.25, 0.3) is 0 Å². The molecule has 2 rings (SSSR count). The van der Waals surface area contributed by atoms with Gasteiger partial charge in [0.15, 0.2) is 0 Å². The summed E-state index contributed by atoms with van der Waals surface area (Å²) in [6.07, 6.45) is 3.14. The van der Waals surface area contributed by atoms with Gasteiger partial charge in [-0.3, -0.25) is 15.1 Å². The smallest absolute Gasteiger partial charge is 0.410 e. The van der Waals surface area contributed by atoms with E-state index in [2.05, 4.69) is 4.98 Å².